The zero-order valence-corrected chi connectivity index (χ0v) is 4.19. The summed E-state index contributed by atoms with van der Waals surface area (Å²) in [5, 5.41) is 0. The standard InChI is InChI=1S/C3H5O2P/c1-2-3-6(4)5/h2H,1,3H2/p+1. The Kier molecular flexibility index (Phi) is 2.91. The Morgan fingerprint density at radius 3 is 2.50 bits per heavy atom. The summed E-state index contributed by atoms with van der Waals surface area (Å²) in [6.45, 7) is 3.26. The second-order valence-corrected chi connectivity index (χ2v) is 1.89. The topological polar surface area (TPSA) is 37.3 Å². The third-order valence-electron chi connectivity index (χ3n) is 0.285. The van der Waals surface area contributed by atoms with Gasteiger partial charge in [-0.05, 0) is 10.6 Å². The summed E-state index contributed by atoms with van der Waals surface area (Å²) in [5.74, 6) is 0. The summed E-state index contributed by atoms with van der Waals surface area (Å²) in [6, 6.07) is 0. The molecule has 1 unspecified atom stereocenters. The Bertz CT molecular complexity index is 69.2. The maximum absolute atomic E-state index is 9.68. The summed E-state index contributed by atoms with van der Waals surface area (Å²) in [4.78, 5) is 7.99. The van der Waals surface area contributed by atoms with Crippen LogP contribution in [0.2, 0.25) is 0 Å². The number of rotatable bonds is 2. The first kappa shape index (κ1) is 5.80. The largest absolute Gasteiger partial charge is 0.509 e. The minimum atomic E-state index is -1.97. The van der Waals surface area contributed by atoms with Gasteiger partial charge in [-0.3, -0.25) is 0 Å². The summed E-state index contributed by atoms with van der Waals surface area (Å²) < 4.78 is 9.68. The van der Waals surface area contributed by atoms with Crippen molar-refractivity contribution in [1.82, 2.24) is 0 Å². The van der Waals surface area contributed by atoms with Gasteiger partial charge in [0.1, 0.15) is 0 Å². The number of hydrogen-bond donors (Lipinski definition) is 1. The molecule has 0 radical (unpaired) electrons. The van der Waals surface area contributed by atoms with E-state index in [-0.39, 0.29) is 6.16 Å². The van der Waals surface area contributed by atoms with Crippen LogP contribution in [0.5, 0.6) is 0 Å². The van der Waals surface area contributed by atoms with Gasteiger partial charge in [-0.2, -0.15) is 4.89 Å². The lowest BCUT2D eigenvalue weighted by molar-refractivity contribution is 0.506. The van der Waals surface area contributed by atoms with Crippen molar-refractivity contribution < 1.29 is 9.46 Å². The molecular weight excluding hydrogens is 99.0 g/mol. The first-order chi connectivity index (χ1) is 2.77. The quantitative estimate of drug-likeness (QED) is 0.418. The fraction of sp³-hybridized carbons (Fsp3) is 0.333. The Morgan fingerprint density at radius 2 is 2.50 bits per heavy atom. The molecule has 0 fully saturated rings. The molecule has 0 saturated carbocycles. The highest BCUT2D eigenvalue weighted by Gasteiger charge is 2.01. The van der Waals surface area contributed by atoms with Gasteiger partial charge in [0.25, 0.3) is 0 Å². The fourth-order valence-corrected chi connectivity index (χ4v) is 0.331. The molecular formula is C3H6O2P+. The average molecular weight is 105 g/mol. The first-order valence-electron chi connectivity index (χ1n) is 1.52. The van der Waals surface area contributed by atoms with Gasteiger partial charge in [0.15, 0.2) is 6.16 Å². The predicted molar refractivity (Wildman–Crippen MR) is 24.9 cm³/mol. The van der Waals surface area contributed by atoms with Crippen molar-refractivity contribution in [1.29, 1.82) is 0 Å². The highest BCUT2D eigenvalue weighted by molar-refractivity contribution is 7.38. The summed E-state index contributed by atoms with van der Waals surface area (Å²) in [7, 11) is -1.97. The molecule has 1 N–H and O–H groups in total. The van der Waals surface area contributed by atoms with Crippen LogP contribution >= 0.6 is 8.03 Å². The molecule has 0 aliphatic rings. The third kappa shape index (κ3) is 3.80. The van der Waals surface area contributed by atoms with Crippen molar-refractivity contribution in [3.8, 4) is 0 Å². The van der Waals surface area contributed by atoms with E-state index < -0.39 is 8.03 Å². The second kappa shape index (κ2) is 3.01. The van der Waals surface area contributed by atoms with Crippen LogP contribution in [0.4, 0.5) is 0 Å². The molecule has 0 rings (SSSR count). The van der Waals surface area contributed by atoms with Gasteiger partial charge in [-0.15, -0.1) is 0 Å². The van der Waals surface area contributed by atoms with Crippen LogP contribution in [0, 0.1) is 0 Å². The molecule has 3 heteroatoms. The summed E-state index contributed by atoms with van der Waals surface area (Å²) in [6.07, 6.45) is 1.62. The molecule has 2 nitrogen and oxygen atoms in total. The van der Waals surface area contributed by atoms with E-state index in [4.69, 9.17) is 4.89 Å². The maximum atomic E-state index is 9.68. The molecule has 6 heavy (non-hydrogen) atoms. The Hall–Kier alpha value is -0.200. The van der Waals surface area contributed by atoms with Gasteiger partial charge in [0.2, 0.25) is 0 Å². The third-order valence-corrected chi connectivity index (χ3v) is 0.856. The van der Waals surface area contributed by atoms with Crippen LogP contribution in [0.25, 0.3) is 0 Å². The molecule has 0 aromatic carbocycles. The fourth-order valence-electron chi connectivity index (χ4n) is 0.110. The molecule has 0 amide bonds. The van der Waals surface area contributed by atoms with Crippen LogP contribution in [0.1, 0.15) is 0 Å². The van der Waals surface area contributed by atoms with E-state index in [0.29, 0.717) is 0 Å². The van der Waals surface area contributed by atoms with Crippen molar-refractivity contribution in [2.75, 3.05) is 6.16 Å². The minimum Gasteiger partial charge on any atom is -0.160 e. The molecule has 0 aliphatic heterocycles. The minimum absolute atomic E-state index is 0.204. The van der Waals surface area contributed by atoms with Crippen molar-refractivity contribution in [3.63, 3.8) is 0 Å². The normalized spacial score (nSPS) is 10.5. The average Bonchev–Trinajstić information content (AvgIpc) is 1.35. The first-order valence-corrected chi connectivity index (χ1v) is 2.91. The van der Waals surface area contributed by atoms with Crippen molar-refractivity contribution in [2.45, 2.75) is 0 Å². The molecule has 0 spiro atoms. The maximum Gasteiger partial charge on any atom is 0.509 e. The zero-order valence-electron chi connectivity index (χ0n) is 3.29. The van der Waals surface area contributed by atoms with E-state index in [0.717, 1.165) is 0 Å². The molecule has 0 aliphatic carbocycles. The van der Waals surface area contributed by atoms with Crippen LogP contribution < -0.4 is 0 Å². The summed E-state index contributed by atoms with van der Waals surface area (Å²) >= 11 is 0. The van der Waals surface area contributed by atoms with Gasteiger partial charge in [0, 0.05) is 0 Å². The molecule has 0 aromatic rings. The molecule has 0 saturated heterocycles. The van der Waals surface area contributed by atoms with E-state index in [1.165, 1.54) is 6.08 Å². The van der Waals surface area contributed by atoms with E-state index >= 15 is 0 Å². The van der Waals surface area contributed by atoms with Crippen molar-refractivity contribution in [3.05, 3.63) is 12.7 Å². The number of allylic oxidation sites excluding steroid dienone is 1. The highest BCUT2D eigenvalue weighted by atomic mass is 31.1. The Morgan fingerprint density at radius 1 is 2.00 bits per heavy atom. The molecule has 0 aromatic heterocycles. The van der Waals surface area contributed by atoms with Crippen molar-refractivity contribution in [2.24, 2.45) is 0 Å². The Labute approximate surface area is 37.4 Å². The van der Waals surface area contributed by atoms with Crippen LogP contribution in [-0.2, 0) is 4.57 Å². The van der Waals surface area contributed by atoms with Gasteiger partial charge in [-0.25, -0.2) is 0 Å². The van der Waals surface area contributed by atoms with E-state index in [1.54, 1.807) is 0 Å². The van der Waals surface area contributed by atoms with E-state index in [1.807, 2.05) is 0 Å². The molecule has 34 valence electrons. The van der Waals surface area contributed by atoms with Gasteiger partial charge < -0.3 is 0 Å². The van der Waals surface area contributed by atoms with E-state index in [9.17, 15) is 4.57 Å². The monoisotopic (exact) mass is 105 g/mol. The van der Waals surface area contributed by atoms with Crippen molar-refractivity contribution >= 4 is 8.03 Å². The lowest BCUT2D eigenvalue weighted by Gasteiger charge is -1.58. The van der Waals surface area contributed by atoms with Gasteiger partial charge in [-0.1, -0.05) is 6.58 Å². The summed E-state index contributed by atoms with van der Waals surface area (Å²) in [5.41, 5.74) is 0. The highest BCUT2D eigenvalue weighted by Crippen LogP contribution is 2.10. The molecule has 1 atom stereocenters. The number of hydrogen-bond acceptors (Lipinski definition) is 1. The lowest BCUT2D eigenvalue weighted by Crippen LogP contribution is -1.61. The molecule has 0 bridgehead atoms. The van der Waals surface area contributed by atoms with Crippen LogP contribution in [-0.4, -0.2) is 11.1 Å². The zero-order chi connectivity index (χ0) is 4.99. The SMILES string of the molecule is C=CC[P+](=O)O. The second-order valence-electron chi connectivity index (χ2n) is 0.823. The lowest BCUT2D eigenvalue weighted by atomic mass is 10.8. The predicted octanol–water partition coefficient (Wildman–Crippen LogP) is 0.907. The van der Waals surface area contributed by atoms with Crippen LogP contribution in [0.3, 0.4) is 0 Å². The van der Waals surface area contributed by atoms with Gasteiger partial charge >= 0.3 is 8.03 Å². The Balaban J connectivity index is 3.05. The molecule has 0 heterocycles. The van der Waals surface area contributed by atoms with Crippen LogP contribution in [0.15, 0.2) is 12.7 Å². The smallest absolute Gasteiger partial charge is 0.160 e. The van der Waals surface area contributed by atoms with E-state index in [2.05, 4.69) is 6.58 Å². The van der Waals surface area contributed by atoms with Gasteiger partial charge in [0.05, 0.1) is 0 Å².